The van der Waals surface area contributed by atoms with E-state index in [0.29, 0.717) is 6.42 Å². The molecular formula is C30H54K2O7. The number of aliphatic hydroxyl groups is 1. The molecule has 0 aromatic carbocycles. The molecule has 0 radical (unpaired) electrons. The topological polar surface area (TPSA) is 127 Å². The monoisotopic (exact) mass is 604 g/mol. The van der Waals surface area contributed by atoms with Gasteiger partial charge in [0.15, 0.2) is 0 Å². The molecule has 1 N–H and O–H groups in total. The van der Waals surface area contributed by atoms with Crippen molar-refractivity contribution in [3.8, 4) is 0 Å². The average molecular weight is 605 g/mol. The van der Waals surface area contributed by atoms with Crippen molar-refractivity contribution in [1.82, 2.24) is 0 Å². The molecule has 0 bridgehead atoms. The number of rotatable bonds is 28. The first kappa shape index (κ1) is 45.1. The Morgan fingerprint density at radius 3 is 1.15 bits per heavy atom. The molecule has 39 heavy (non-hydrogen) atoms. The van der Waals surface area contributed by atoms with E-state index in [2.05, 4.69) is 6.92 Å². The minimum atomic E-state index is -2.80. The van der Waals surface area contributed by atoms with E-state index in [1.165, 1.54) is 116 Å². The van der Waals surface area contributed by atoms with E-state index >= 15 is 0 Å². The largest absolute Gasteiger partial charge is 1.00 e. The molecule has 0 saturated heterocycles. The van der Waals surface area contributed by atoms with E-state index < -0.39 is 36.4 Å². The van der Waals surface area contributed by atoms with Crippen LogP contribution in [0.15, 0.2) is 0 Å². The second-order valence-electron chi connectivity index (χ2n) is 10.7. The van der Waals surface area contributed by atoms with Gasteiger partial charge in [-0.25, -0.2) is 0 Å². The predicted molar refractivity (Wildman–Crippen MR) is 142 cm³/mol. The molecule has 218 valence electrons. The Morgan fingerprint density at radius 1 is 0.564 bits per heavy atom. The zero-order valence-corrected chi connectivity index (χ0v) is 31.8. The van der Waals surface area contributed by atoms with Crippen LogP contribution in [0.1, 0.15) is 161 Å². The normalized spacial score (nSPS) is 12.2. The van der Waals surface area contributed by atoms with Gasteiger partial charge in [0.05, 0.1) is 19.0 Å². The maximum absolute atomic E-state index is 11.7. The number of ether oxygens (including phenoxy) is 1. The van der Waals surface area contributed by atoms with Crippen LogP contribution in [-0.4, -0.2) is 35.2 Å². The number of carbonyl (C=O) groups excluding carboxylic acids is 3. The number of unbranched alkanes of at least 4 members (excludes halogenated alkanes) is 21. The van der Waals surface area contributed by atoms with Gasteiger partial charge in [-0.3, -0.25) is 4.79 Å². The Bertz CT molecular complexity index is 590. The number of carboxylic acid groups (broad SMARTS) is 2. The first-order chi connectivity index (χ1) is 17.8. The second-order valence-corrected chi connectivity index (χ2v) is 10.7. The summed E-state index contributed by atoms with van der Waals surface area (Å²) in [6, 6.07) is 0. The third-order valence-electron chi connectivity index (χ3n) is 7.01. The van der Waals surface area contributed by atoms with Gasteiger partial charge in [0.25, 0.3) is 0 Å². The summed E-state index contributed by atoms with van der Waals surface area (Å²) in [6.07, 6.45) is 26.2. The molecule has 0 spiro atoms. The van der Waals surface area contributed by atoms with Crippen LogP contribution in [0.5, 0.6) is 0 Å². The van der Waals surface area contributed by atoms with Gasteiger partial charge in [0, 0.05) is 12.4 Å². The third kappa shape index (κ3) is 30.9. The Morgan fingerprint density at radius 2 is 0.872 bits per heavy atom. The Kier molecular flexibility index (Phi) is 37.6. The smallest absolute Gasteiger partial charge is 0.550 e. The van der Waals surface area contributed by atoms with Crippen LogP contribution in [0, 0.1) is 0 Å². The van der Waals surface area contributed by atoms with Crippen LogP contribution in [0.3, 0.4) is 0 Å². The summed E-state index contributed by atoms with van der Waals surface area (Å²) < 4.78 is 4.91. The van der Waals surface area contributed by atoms with Crippen LogP contribution in [0.25, 0.3) is 0 Å². The van der Waals surface area contributed by atoms with Crippen molar-refractivity contribution >= 4 is 17.9 Å². The molecule has 0 aliphatic rings. The number of aliphatic carboxylic acids is 2. The van der Waals surface area contributed by atoms with Gasteiger partial charge in [0.1, 0.15) is 5.60 Å². The molecule has 0 amide bonds. The molecule has 0 aliphatic carbocycles. The zero-order chi connectivity index (χ0) is 27.6. The average Bonchev–Trinajstić information content (AvgIpc) is 2.83. The standard InChI is InChI=1S/C30H56O7.2K/c1-2-3-4-5-6-7-8-9-10-11-12-13-14-15-16-17-18-19-20-21-22-23-24-37-28(33)26-30(36,29(34)35)25-27(31)32;;/h36H,2-26H2,1H3,(H,31,32)(H,34,35);;/q;2*+1/p-2. The van der Waals surface area contributed by atoms with Crippen molar-refractivity contribution in [3.05, 3.63) is 0 Å². The molecule has 0 fully saturated rings. The number of carboxylic acids is 2. The third-order valence-corrected chi connectivity index (χ3v) is 7.01. The van der Waals surface area contributed by atoms with Crippen LogP contribution < -0.4 is 113 Å². The maximum atomic E-state index is 11.7. The maximum Gasteiger partial charge on any atom is 1.00 e. The van der Waals surface area contributed by atoms with Crippen LogP contribution >= 0.6 is 0 Å². The molecule has 0 rings (SSSR count). The van der Waals surface area contributed by atoms with Crippen molar-refractivity contribution in [2.45, 2.75) is 167 Å². The molecule has 1 atom stereocenters. The van der Waals surface area contributed by atoms with E-state index in [9.17, 15) is 29.7 Å². The van der Waals surface area contributed by atoms with E-state index in [1.807, 2.05) is 0 Å². The first-order valence-electron chi connectivity index (χ1n) is 15.1. The van der Waals surface area contributed by atoms with Gasteiger partial charge in [0.2, 0.25) is 0 Å². The van der Waals surface area contributed by atoms with Crippen LogP contribution in [0.2, 0.25) is 0 Å². The number of hydrogen-bond donors (Lipinski definition) is 1. The van der Waals surface area contributed by atoms with Crippen molar-refractivity contribution < 1.29 is 137 Å². The first-order valence-corrected chi connectivity index (χ1v) is 15.1. The number of hydrogen-bond acceptors (Lipinski definition) is 7. The van der Waals surface area contributed by atoms with Crippen molar-refractivity contribution in [2.75, 3.05) is 6.61 Å². The predicted octanol–water partition coefficient (Wildman–Crippen LogP) is -0.849. The molecule has 0 heterocycles. The summed E-state index contributed by atoms with van der Waals surface area (Å²) in [5.74, 6) is -4.77. The van der Waals surface area contributed by atoms with Gasteiger partial charge < -0.3 is 29.6 Å². The van der Waals surface area contributed by atoms with Gasteiger partial charge in [-0.1, -0.05) is 142 Å². The Hall–Kier alpha value is 1.64. The van der Waals surface area contributed by atoms with Crippen LogP contribution in [0.4, 0.5) is 0 Å². The molecule has 7 nitrogen and oxygen atoms in total. The van der Waals surface area contributed by atoms with E-state index in [1.54, 1.807) is 0 Å². The minimum Gasteiger partial charge on any atom is -0.550 e. The zero-order valence-electron chi connectivity index (χ0n) is 25.6. The van der Waals surface area contributed by atoms with Gasteiger partial charge in [-0.05, 0) is 6.42 Å². The second kappa shape index (κ2) is 32.6. The summed E-state index contributed by atoms with van der Waals surface area (Å²) in [6.45, 7) is 2.39. The molecule has 0 aromatic heterocycles. The van der Waals surface area contributed by atoms with Crippen molar-refractivity contribution in [3.63, 3.8) is 0 Å². The molecular weight excluding hydrogens is 551 g/mol. The fourth-order valence-electron chi connectivity index (χ4n) is 4.63. The fraction of sp³-hybridized carbons (Fsp3) is 0.900. The fourth-order valence-corrected chi connectivity index (χ4v) is 4.63. The molecule has 0 aromatic rings. The SMILES string of the molecule is CCCCCCCCCCCCCCCCCCCCCCCCOC(=O)CC(O)(CC(=O)[O-])C(=O)[O-].[K+].[K+]. The van der Waals surface area contributed by atoms with Gasteiger partial charge in [-0.15, -0.1) is 0 Å². The minimum absolute atomic E-state index is 0. The quantitative estimate of drug-likeness (QED) is 0.0701. The summed E-state index contributed by atoms with van der Waals surface area (Å²) in [5, 5.41) is 31.2. The Labute approximate surface area is 323 Å². The Balaban J connectivity index is -0.00000648. The van der Waals surface area contributed by atoms with Gasteiger partial charge >= 0.3 is 109 Å². The molecule has 0 saturated carbocycles. The molecule has 1 unspecified atom stereocenters. The van der Waals surface area contributed by atoms with E-state index in [4.69, 9.17) is 4.74 Å². The van der Waals surface area contributed by atoms with E-state index in [0.717, 1.165) is 19.3 Å². The summed E-state index contributed by atoms with van der Waals surface area (Å²) in [7, 11) is 0. The summed E-state index contributed by atoms with van der Waals surface area (Å²) in [5.41, 5.74) is -2.80. The molecule has 9 heteroatoms. The van der Waals surface area contributed by atoms with Crippen molar-refractivity contribution in [2.24, 2.45) is 0 Å². The number of carbonyl (C=O) groups is 3. The van der Waals surface area contributed by atoms with Crippen LogP contribution in [-0.2, 0) is 19.1 Å². The number of esters is 1. The summed E-state index contributed by atoms with van der Waals surface area (Å²) >= 11 is 0. The van der Waals surface area contributed by atoms with Crippen molar-refractivity contribution in [1.29, 1.82) is 0 Å². The van der Waals surface area contributed by atoms with E-state index in [-0.39, 0.29) is 109 Å². The summed E-state index contributed by atoms with van der Waals surface area (Å²) in [4.78, 5) is 33.1. The molecule has 0 aliphatic heterocycles. The van der Waals surface area contributed by atoms with Gasteiger partial charge in [-0.2, -0.15) is 0 Å².